The number of nitrogens with one attached hydrogen (secondary N) is 1. The molecule has 0 spiro atoms. The van der Waals surface area contributed by atoms with Crippen LogP contribution in [0.25, 0.3) is 11.1 Å². The molecule has 5 rings (SSSR count). The Kier molecular flexibility index (Phi) is 6.22. The van der Waals surface area contributed by atoms with Gasteiger partial charge in [-0.2, -0.15) is 0 Å². The van der Waals surface area contributed by atoms with Crippen molar-refractivity contribution >= 4 is 35.1 Å². The fraction of sp³-hybridized carbons (Fsp3) is 0.185. The maximum absolute atomic E-state index is 13.1. The molecule has 3 aromatic carbocycles. The predicted octanol–water partition coefficient (Wildman–Crippen LogP) is 6.26. The smallest absolute Gasteiger partial charge is 0.227 e. The standard InChI is InChI=1S/C27H24N2O3S2/c1-32-22-13-11-20(15-23-26(31)28-27(33)34-23)21-12-14-24(30)29(25(21)22)16-17-7-9-19(10-8-17)18-5-3-2-4-6-18/h2-11,13,31H,12,14-16H2,1H3,(H,28,33). The number of carbonyl (C=O) groups excluding carboxylic acids is 1. The zero-order valence-corrected chi connectivity index (χ0v) is 20.3. The normalized spacial score (nSPS) is 13.1. The number of carbonyl (C=O) groups is 1. The van der Waals surface area contributed by atoms with Gasteiger partial charge in [0.2, 0.25) is 11.8 Å². The number of hydrogen-bond donors (Lipinski definition) is 2. The molecule has 2 heterocycles. The SMILES string of the molecule is COc1ccc(Cc2sc(=S)[nH]c2O)c2c1N(Cc1ccc(-c3ccccc3)cc1)C(=O)CC2. The van der Waals surface area contributed by atoms with Crippen LogP contribution in [0.3, 0.4) is 0 Å². The summed E-state index contributed by atoms with van der Waals surface area (Å²) in [5, 5.41) is 10.2. The third-order valence-electron chi connectivity index (χ3n) is 6.18. The number of aromatic hydroxyl groups is 1. The van der Waals surface area contributed by atoms with Gasteiger partial charge >= 0.3 is 0 Å². The van der Waals surface area contributed by atoms with Crippen LogP contribution in [-0.4, -0.2) is 23.1 Å². The number of aromatic amines is 1. The van der Waals surface area contributed by atoms with Gasteiger partial charge in [0.05, 0.1) is 24.2 Å². The highest BCUT2D eigenvalue weighted by Gasteiger charge is 2.30. The molecule has 1 aromatic heterocycles. The molecule has 0 saturated carbocycles. The molecule has 1 aliphatic heterocycles. The zero-order chi connectivity index (χ0) is 23.7. The molecule has 1 aliphatic rings. The Balaban J connectivity index is 1.48. The average Bonchev–Trinajstić information content (AvgIpc) is 3.18. The van der Waals surface area contributed by atoms with Crippen molar-refractivity contribution in [3.05, 3.63) is 92.3 Å². The van der Waals surface area contributed by atoms with E-state index in [-0.39, 0.29) is 11.8 Å². The van der Waals surface area contributed by atoms with Crippen LogP contribution >= 0.6 is 23.6 Å². The summed E-state index contributed by atoms with van der Waals surface area (Å²) in [4.78, 5) is 18.5. The molecule has 2 N–H and O–H groups in total. The van der Waals surface area contributed by atoms with Gasteiger partial charge in [-0.25, -0.2) is 0 Å². The second kappa shape index (κ2) is 9.44. The molecule has 4 aromatic rings. The number of H-pyrrole nitrogens is 1. The molecule has 0 aliphatic carbocycles. The van der Waals surface area contributed by atoms with Crippen LogP contribution in [-0.2, 0) is 24.2 Å². The number of rotatable bonds is 6. The van der Waals surface area contributed by atoms with Crippen molar-refractivity contribution in [1.29, 1.82) is 0 Å². The van der Waals surface area contributed by atoms with E-state index in [0.29, 0.717) is 35.5 Å². The number of fused-ring (bicyclic) bond motifs is 1. The van der Waals surface area contributed by atoms with Crippen molar-refractivity contribution in [2.75, 3.05) is 12.0 Å². The first kappa shape index (κ1) is 22.4. The van der Waals surface area contributed by atoms with E-state index >= 15 is 0 Å². The van der Waals surface area contributed by atoms with E-state index in [2.05, 4.69) is 41.4 Å². The van der Waals surface area contributed by atoms with Gasteiger partial charge in [-0.3, -0.25) is 4.79 Å². The second-order valence-electron chi connectivity index (χ2n) is 8.26. The van der Waals surface area contributed by atoms with Crippen molar-refractivity contribution < 1.29 is 14.6 Å². The zero-order valence-electron chi connectivity index (χ0n) is 18.7. The third kappa shape index (κ3) is 4.36. The summed E-state index contributed by atoms with van der Waals surface area (Å²) >= 11 is 6.55. The molecular formula is C27H24N2O3S2. The molecule has 0 saturated heterocycles. The monoisotopic (exact) mass is 488 g/mol. The van der Waals surface area contributed by atoms with Gasteiger partial charge in [0.1, 0.15) is 5.75 Å². The lowest BCUT2D eigenvalue weighted by Crippen LogP contribution is -2.35. The Morgan fingerprint density at radius 2 is 1.76 bits per heavy atom. The van der Waals surface area contributed by atoms with Gasteiger partial charge in [-0.1, -0.05) is 60.7 Å². The summed E-state index contributed by atoms with van der Waals surface area (Å²) in [5.74, 6) is 0.871. The molecule has 0 fully saturated rings. The maximum atomic E-state index is 13.1. The Morgan fingerprint density at radius 1 is 1.03 bits per heavy atom. The van der Waals surface area contributed by atoms with Crippen molar-refractivity contribution in [1.82, 2.24) is 4.98 Å². The highest BCUT2D eigenvalue weighted by Crippen LogP contribution is 2.41. The Bertz CT molecular complexity index is 1390. The molecule has 1 amide bonds. The maximum Gasteiger partial charge on any atom is 0.227 e. The van der Waals surface area contributed by atoms with E-state index in [4.69, 9.17) is 17.0 Å². The topological polar surface area (TPSA) is 65.6 Å². The van der Waals surface area contributed by atoms with Crippen molar-refractivity contribution in [3.63, 3.8) is 0 Å². The Hall–Kier alpha value is -3.42. The fourth-order valence-electron chi connectivity index (χ4n) is 4.48. The van der Waals surface area contributed by atoms with E-state index in [1.54, 1.807) is 7.11 Å². The van der Waals surface area contributed by atoms with Crippen LogP contribution in [0.1, 0.15) is 28.0 Å². The first-order valence-corrected chi connectivity index (χ1v) is 12.3. The molecule has 172 valence electrons. The van der Waals surface area contributed by atoms with Crippen LogP contribution in [0.5, 0.6) is 11.6 Å². The summed E-state index contributed by atoms with van der Waals surface area (Å²) < 4.78 is 6.22. The van der Waals surface area contributed by atoms with E-state index in [1.165, 1.54) is 11.3 Å². The number of thiazole rings is 1. The lowest BCUT2D eigenvalue weighted by Gasteiger charge is -2.32. The van der Waals surface area contributed by atoms with Gasteiger partial charge < -0.3 is 19.7 Å². The predicted molar refractivity (Wildman–Crippen MR) is 138 cm³/mol. The first-order valence-electron chi connectivity index (χ1n) is 11.1. The largest absolute Gasteiger partial charge is 0.495 e. The summed E-state index contributed by atoms with van der Waals surface area (Å²) in [6.45, 7) is 0.467. The van der Waals surface area contributed by atoms with E-state index in [0.717, 1.165) is 38.4 Å². The highest BCUT2D eigenvalue weighted by molar-refractivity contribution is 7.73. The fourth-order valence-corrected chi connectivity index (χ4v) is 5.63. The minimum absolute atomic E-state index is 0.0789. The number of methoxy groups -OCH3 is 1. The van der Waals surface area contributed by atoms with Crippen LogP contribution in [0, 0.1) is 3.95 Å². The van der Waals surface area contributed by atoms with Crippen LogP contribution < -0.4 is 9.64 Å². The van der Waals surface area contributed by atoms with Crippen molar-refractivity contribution in [2.24, 2.45) is 0 Å². The molecule has 0 atom stereocenters. The molecule has 5 nitrogen and oxygen atoms in total. The van der Waals surface area contributed by atoms with Crippen LogP contribution in [0.15, 0.2) is 66.7 Å². The molecule has 0 unspecified atom stereocenters. The second-order valence-corrected chi connectivity index (χ2v) is 10.0. The quantitative estimate of drug-likeness (QED) is 0.315. The van der Waals surface area contributed by atoms with E-state index in [9.17, 15) is 9.90 Å². The van der Waals surface area contributed by atoms with Gasteiger partial charge in [0.15, 0.2) is 3.95 Å². The number of ether oxygens (including phenoxy) is 1. The number of amides is 1. The molecular weight excluding hydrogens is 464 g/mol. The minimum Gasteiger partial charge on any atom is -0.495 e. The summed E-state index contributed by atoms with van der Waals surface area (Å²) in [6, 6.07) is 22.5. The Morgan fingerprint density at radius 3 is 2.44 bits per heavy atom. The molecule has 0 radical (unpaired) electrons. The van der Waals surface area contributed by atoms with E-state index in [1.807, 2.05) is 35.2 Å². The third-order valence-corrected chi connectivity index (χ3v) is 7.40. The summed E-state index contributed by atoms with van der Waals surface area (Å²) in [6.07, 6.45) is 1.62. The van der Waals surface area contributed by atoms with Crippen LogP contribution in [0.4, 0.5) is 5.69 Å². The number of benzene rings is 3. The lowest BCUT2D eigenvalue weighted by molar-refractivity contribution is -0.119. The average molecular weight is 489 g/mol. The molecule has 34 heavy (non-hydrogen) atoms. The van der Waals surface area contributed by atoms with Crippen molar-refractivity contribution in [2.45, 2.75) is 25.8 Å². The van der Waals surface area contributed by atoms with Crippen LogP contribution in [0.2, 0.25) is 0 Å². The minimum atomic E-state index is 0.0789. The number of aromatic nitrogens is 1. The Labute approximate surface area is 207 Å². The molecule has 7 heteroatoms. The number of hydrogen-bond acceptors (Lipinski definition) is 5. The van der Waals surface area contributed by atoms with Crippen molar-refractivity contribution in [3.8, 4) is 22.8 Å². The van der Waals surface area contributed by atoms with Gasteiger partial charge in [-0.15, -0.1) is 11.3 Å². The highest BCUT2D eigenvalue weighted by atomic mass is 32.1. The number of nitrogens with zero attached hydrogens (tertiary/aromatic N) is 1. The number of anilines is 1. The summed E-state index contributed by atoms with van der Waals surface area (Å²) in [7, 11) is 1.63. The summed E-state index contributed by atoms with van der Waals surface area (Å²) in [5.41, 5.74) is 6.32. The van der Waals surface area contributed by atoms with Gasteiger partial charge in [0, 0.05) is 12.8 Å². The van der Waals surface area contributed by atoms with E-state index < -0.39 is 0 Å². The van der Waals surface area contributed by atoms with Gasteiger partial charge in [-0.05, 0) is 52.5 Å². The molecule has 0 bridgehead atoms. The lowest BCUT2D eigenvalue weighted by atomic mass is 9.92. The van der Waals surface area contributed by atoms with Gasteiger partial charge in [0.25, 0.3) is 0 Å². The first-order chi connectivity index (χ1) is 16.5.